The van der Waals surface area contributed by atoms with Gasteiger partial charge in [-0.05, 0) is 24.3 Å². The first-order valence-electron chi connectivity index (χ1n) is 5.66. The van der Waals surface area contributed by atoms with Gasteiger partial charge in [-0.15, -0.1) is 22.9 Å². The lowest BCUT2D eigenvalue weighted by Gasteiger charge is -2.16. The Morgan fingerprint density at radius 3 is 3.00 bits per heavy atom. The van der Waals surface area contributed by atoms with Crippen molar-refractivity contribution < 1.29 is 4.79 Å². The van der Waals surface area contributed by atoms with Crippen molar-refractivity contribution in [2.24, 2.45) is 0 Å². The number of alkyl halides is 1. The van der Waals surface area contributed by atoms with Gasteiger partial charge in [0.05, 0.1) is 6.04 Å². The fraction of sp³-hybridized carbons (Fsp3) is 0.583. The number of amides is 1. The monoisotopic (exact) mass is 259 g/mol. The van der Waals surface area contributed by atoms with Gasteiger partial charge in [0.15, 0.2) is 0 Å². The molecule has 1 atom stereocenters. The van der Waals surface area contributed by atoms with Crippen molar-refractivity contribution in [1.29, 1.82) is 0 Å². The fourth-order valence-corrected chi connectivity index (χ4v) is 2.50. The van der Waals surface area contributed by atoms with Crippen LogP contribution in [0.15, 0.2) is 17.5 Å². The highest BCUT2D eigenvalue weighted by Gasteiger charge is 2.13. The van der Waals surface area contributed by atoms with E-state index in [9.17, 15) is 4.79 Å². The van der Waals surface area contributed by atoms with Crippen LogP contribution in [0, 0.1) is 0 Å². The minimum Gasteiger partial charge on any atom is -0.348 e. The third kappa shape index (κ3) is 4.54. The molecule has 0 saturated heterocycles. The van der Waals surface area contributed by atoms with Crippen molar-refractivity contribution in [1.82, 2.24) is 5.32 Å². The average molecular weight is 260 g/mol. The summed E-state index contributed by atoms with van der Waals surface area (Å²) in [5, 5.41) is 5.11. The van der Waals surface area contributed by atoms with Crippen LogP contribution in [0.3, 0.4) is 0 Å². The zero-order valence-electron chi connectivity index (χ0n) is 9.54. The zero-order valence-corrected chi connectivity index (χ0v) is 11.1. The molecule has 2 nitrogen and oxygen atoms in total. The van der Waals surface area contributed by atoms with E-state index in [1.165, 1.54) is 4.88 Å². The molecule has 1 amide bonds. The summed E-state index contributed by atoms with van der Waals surface area (Å²) in [5.74, 6) is 0.651. The van der Waals surface area contributed by atoms with Crippen LogP contribution in [-0.2, 0) is 4.79 Å². The number of nitrogens with one attached hydrogen (secondary N) is 1. The van der Waals surface area contributed by atoms with E-state index in [1.54, 1.807) is 11.3 Å². The van der Waals surface area contributed by atoms with E-state index in [2.05, 4.69) is 18.3 Å². The van der Waals surface area contributed by atoms with Gasteiger partial charge in [0.2, 0.25) is 5.91 Å². The van der Waals surface area contributed by atoms with Gasteiger partial charge >= 0.3 is 0 Å². The van der Waals surface area contributed by atoms with Crippen molar-refractivity contribution in [3.05, 3.63) is 22.4 Å². The number of rotatable bonds is 7. The number of carbonyl (C=O) groups excluding carboxylic acids is 1. The lowest BCUT2D eigenvalue weighted by molar-refractivity contribution is -0.121. The normalized spacial score (nSPS) is 12.4. The SMILES string of the molecule is CCCC(NC(=O)CCCCl)c1cccs1. The van der Waals surface area contributed by atoms with Crippen molar-refractivity contribution in [3.63, 3.8) is 0 Å². The molecule has 90 valence electrons. The van der Waals surface area contributed by atoms with Gasteiger partial charge in [-0.2, -0.15) is 0 Å². The van der Waals surface area contributed by atoms with E-state index >= 15 is 0 Å². The molecule has 0 aliphatic carbocycles. The standard InChI is InChI=1S/C12H18ClNOS/c1-2-5-10(11-6-4-9-16-11)14-12(15)7-3-8-13/h4,6,9-10H,2-3,5,7-8H2,1H3,(H,14,15). The third-order valence-corrected chi connectivity index (χ3v) is 3.59. The number of hydrogen-bond donors (Lipinski definition) is 1. The molecule has 16 heavy (non-hydrogen) atoms. The fourth-order valence-electron chi connectivity index (χ4n) is 1.56. The zero-order chi connectivity index (χ0) is 11.8. The molecule has 0 radical (unpaired) electrons. The Kier molecular flexibility index (Phi) is 6.50. The van der Waals surface area contributed by atoms with Crippen LogP contribution in [0.2, 0.25) is 0 Å². The topological polar surface area (TPSA) is 29.1 Å². The summed E-state index contributed by atoms with van der Waals surface area (Å²) in [5.41, 5.74) is 0. The minimum atomic E-state index is 0.104. The molecular formula is C12H18ClNOS. The largest absolute Gasteiger partial charge is 0.348 e. The summed E-state index contributed by atoms with van der Waals surface area (Å²) in [6.07, 6.45) is 3.33. The molecule has 4 heteroatoms. The first-order valence-corrected chi connectivity index (χ1v) is 7.08. The summed E-state index contributed by atoms with van der Waals surface area (Å²) in [7, 11) is 0. The van der Waals surface area contributed by atoms with E-state index < -0.39 is 0 Å². The summed E-state index contributed by atoms with van der Waals surface area (Å²) in [4.78, 5) is 12.9. The Labute approximate surface area is 106 Å². The predicted octanol–water partition coefficient (Wildman–Crippen LogP) is 3.72. The Morgan fingerprint density at radius 1 is 1.62 bits per heavy atom. The average Bonchev–Trinajstić information content (AvgIpc) is 2.79. The highest BCUT2D eigenvalue weighted by Crippen LogP contribution is 2.23. The van der Waals surface area contributed by atoms with Gasteiger partial charge in [0.1, 0.15) is 0 Å². The molecule has 0 saturated carbocycles. The molecule has 0 spiro atoms. The molecule has 0 aromatic carbocycles. The van der Waals surface area contributed by atoms with Crippen LogP contribution in [0.4, 0.5) is 0 Å². The molecule has 0 aliphatic heterocycles. The van der Waals surface area contributed by atoms with Gasteiger partial charge in [0, 0.05) is 17.2 Å². The quantitative estimate of drug-likeness (QED) is 0.743. The van der Waals surface area contributed by atoms with E-state index in [0.29, 0.717) is 12.3 Å². The second-order valence-electron chi connectivity index (χ2n) is 3.72. The Bertz CT molecular complexity index is 300. The van der Waals surface area contributed by atoms with Gasteiger partial charge in [-0.3, -0.25) is 4.79 Å². The highest BCUT2D eigenvalue weighted by atomic mass is 35.5. The van der Waals surface area contributed by atoms with Crippen LogP contribution >= 0.6 is 22.9 Å². The number of halogens is 1. The highest BCUT2D eigenvalue weighted by molar-refractivity contribution is 7.10. The summed E-state index contributed by atoms with van der Waals surface area (Å²) < 4.78 is 0. The molecule has 0 bridgehead atoms. The Hall–Kier alpha value is -0.540. The maximum Gasteiger partial charge on any atom is 0.220 e. The van der Waals surface area contributed by atoms with E-state index in [1.807, 2.05) is 11.4 Å². The second kappa shape index (κ2) is 7.69. The molecule has 1 heterocycles. The molecule has 1 aromatic rings. The van der Waals surface area contributed by atoms with Gasteiger partial charge in [0.25, 0.3) is 0 Å². The molecule has 1 unspecified atom stereocenters. The smallest absolute Gasteiger partial charge is 0.220 e. The van der Waals surface area contributed by atoms with Crippen LogP contribution in [0.25, 0.3) is 0 Å². The molecule has 1 aromatic heterocycles. The van der Waals surface area contributed by atoms with E-state index in [4.69, 9.17) is 11.6 Å². The maximum atomic E-state index is 11.6. The lowest BCUT2D eigenvalue weighted by atomic mass is 10.1. The summed E-state index contributed by atoms with van der Waals surface area (Å²) >= 11 is 7.26. The van der Waals surface area contributed by atoms with Crippen molar-refractivity contribution >= 4 is 28.8 Å². The lowest BCUT2D eigenvalue weighted by Crippen LogP contribution is -2.27. The number of hydrogen-bond acceptors (Lipinski definition) is 2. The van der Waals surface area contributed by atoms with Crippen LogP contribution in [0.1, 0.15) is 43.5 Å². The van der Waals surface area contributed by atoms with Gasteiger partial charge < -0.3 is 5.32 Å². The van der Waals surface area contributed by atoms with Crippen LogP contribution in [-0.4, -0.2) is 11.8 Å². The van der Waals surface area contributed by atoms with Gasteiger partial charge in [-0.25, -0.2) is 0 Å². The van der Waals surface area contributed by atoms with Crippen LogP contribution < -0.4 is 5.32 Å². The predicted molar refractivity (Wildman–Crippen MR) is 70.1 cm³/mol. The van der Waals surface area contributed by atoms with E-state index in [0.717, 1.165) is 19.3 Å². The van der Waals surface area contributed by atoms with Crippen LogP contribution in [0.5, 0.6) is 0 Å². The Morgan fingerprint density at radius 2 is 2.44 bits per heavy atom. The van der Waals surface area contributed by atoms with Crippen molar-refractivity contribution in [3.8, 4) is 0 Å². The summed E-state index contributed by atoms with van der Waals surface area (Å²) in [6.45, 7) is 2.13. The maximum absolute atomic E-state index is 11.6. The molecule has 1 N–H and O–H groups in total. The van der Waals surface area contributed by atoms with Crippen molar-refractivity contribution in [2.75, 3.05) is 5.88 Å². The first-order chi connectivity index (χ1) is 7.77. The van der Waals surface area contributed by atoms with Crippen molar-refractivity contribution in [2.45, 2.75) is 38.6 Å². The third-order valence-electron chi connectivity index (χ3n) is 2.34. The first kappa shape index (κ1) is 13.5. The number of thiophene rings is 1. The molecular weight excluding hydrogens is 242 g/mol. The minimum absolute atomic E-state index is 0.104. The molecule has 1 rings (SSSR count). The second-order valence-corrected chi connectivity index (χ2v) is 5.07. The van der Waals surface area contributed by atoms with E-state index in [-0.39, 0.29) is 11.9 Å². The Balaban J connectivity index is 2.48. The molecule has 0 aliphatic rings. The molecule has 0 fully saturated rings. The van der Waals surface area contributed by atoms with Gasteiger partial charge in [-0.1, -0.05) is 19.4 Å². The number of carbonyl (C=O) groups is 1. The summed E-state index contributed by atoms with van der Waals surface area (Å²) in [6, 6.07) is 4.27.